The van der Waals surface area contributed by atoms with Gasteiger partial charge in [0.05, 0.1) is 23.8 Å². The summed E-state index contributed by atoms with van der Waals surface area (Å²) in [6.45, 7) is 0. The zero-order chi connectivity index (χ0) is 14.3. The van der Waals surface area contributed by atoms with Crippen LogP contribution >= 0.6 is 50.7 Å². The molecule has 1 heterocycles. The number of hydrogen-bond donors (Lipinski definition) is 1. The van der Waals surface area contributed by atoms with Crippen LogP contribution in [0.15, 0.2) is 40.9 Å². The molecular formula is C14H10BrIN2OS. The van der Waals surface area contributed by atoms with E-state index in [-0.39, 0.29) is 0 Å². The summed E-state index contributed by atoms with van der Waals surface area (Å²) >= 11 is 11.3. The van der Waals surface area contributed by atoms with Crippen molar-refractivity contribution in [1.29, 1.82) is 0 Å². The van der Waals surface area contributed by atoms with Gasteiger partial charge in [0.1, 0.15) is 5.75 Å². The first-order valence-electron chi connectivity index (χ1n) is 5.84. The maximum absolute atomic E-state index is 5.46. The van der Waals surface area contributed by atoms with Crippen molar-refractivity contribution in [3.8, 4) is 11.4 Å². The molecule has 0 unspecified atom stereocenters. The van der Waals surface area contributed by atoms with Crippen LogP contribution in [-0.4, -0.2) is 16.7 Å². The van der Waals surface area contributed by atoms with Gasteiger partial charge in [-0.15, -0.1) is 0 Å². The van der Waals surface area contributed by atoms with Crippen molar-refractivity contribution < 1.29 is 4.74 Å². The quantitative estimate of drug-likeness (QED) is 0.427. The van der Waals surface area contributed by atoms with Crippen molar-refractivity contribution >= 4 is 61.8 Å². The average Bonchev–Trinajstić information content (AvgIpc) is 2.74. The number of hydrogen-bond acceptors (Lipinski definition) is 2. The standard InChI is InChI=1S/C14H10BrIN2OS/c1-19-9-3-4-10(15)13(7-9)18-12-5-2-8(16)6-11(12)17-14(18)20/h2-7H,1H3,(H,17,20). The number of halogens is 2. The maximum atomic E-state index is 5.46. The van der Waals surface area contributed by atoms with E-state index in [1.165, 1.54) is 3.57 Å². The van der Waals surface area contributed by atoms with Crippen LogP contribution in [0.5, 0.6) is 5.75 Å². The lowest BCUT2D eigenvalue weighted by molar-refractivity contribution is 0.414. The van der Waals surface area contributed by atoms with Crippen LogP contribution in [0.4, 0.5) is 0 Å². The molecule has 0 amide bonds. The van der Waals surface area contributed by atoms with Crippen LogP contribution in [-0.2, 0) is 0 Å². The molecule has 6 heteroatoms. The molecule has 3 nitrogen and oxygen atoms in total. The monoisotopic (exact) mass is 460 g/mol. The fourth-order valence-corrected chi connectivity index (χ4v) is 3.34. The van der Waals surface area contributed by atoms with Gasteiger partial charge in [-0.3, -0.25) is 4.57 Å². The molecule has 1 N–H and O–H groups in total. The summed E-state index contributed by atoms with van der Waals surface area (Å²) in [7, 11) is 1.66. The van der Waals surface area contributed by atoms with Gasteiger partial charge in [0.15, 0.2) is 4.77 Å². The van der Waals surface area contributed by atoms with E-state index in [2.05, 4.69) is 61.7 Å². The SMILES string of the molecule is COc1ccc(Br)c(-n2c(=S)[nH]c3cc(I)ccc32)c1. The van der Waals surface area contributed by atoms with E-state index in [0.29, 0.717) is 4.77 Å². The van der Waals surface area contributed by atoms with Gasteiger partial charge in [-0.25, -0.2) is 0 Å². The molecule has 3 aromatic rings. The van der Waals surface area contributed by atoms with Gasteiger partial charge >= 0.3 is 0 Å². The largest absolute Gasteiger partial charge is 0.497 e. The molecular weight excluding hydrogens is 451 g/mol. The van der Waals surface area contributed by atoms with Gasteiger partial charge in [-0.2, -0.15) is 0 Å². The van der Waals surface area contributed by atoms with Crippen LogP contribution in [0, 0.1) is 8.34 Å². The molecule has 0 radical (unpaired) electrons. The van der Waals surface area contributed by atoms with Crippen molar-refractivity contribution in [2.45, 2.75) is 0 Å². The highest BCUT2D eigenvalue weighted by molar-refractivity contribution is 14.1. The Hall–Kier alpha value is -0.860. The van der Waals surface area contributed by atoms with Crippen LogP contribution in [0.1, 0.15) is 0 Å². The fraction of sp³-hybridized carbons (Fsp3) is 0.0714. The van der Waals surface area contributed by atoms with Gasteiger partial charge in [0.25, 0.3) is 0 Å². The van der Waals surface area contributed by atoms with E-state index in [9.17, 15) is 0 Å². The first-order valence-corrected chi connectivity index (χ1v) is 8.12. The second-order valence-corrected chi connectivity index (χ2v) is 6.73. The lowest BCUT2D eigenvalue weighted by atomic mass is 10.2. The Labute approximate surface area is 143 Å². The highest BCUT2D eigenvalue weighted by atomic mass is 127. The molecule has 0 saturated carbocycles. The van der Waals surface area contributed by atoms with Gasteiger partial charge in [-0.05, 0) is 81.1 Å². The van der Waals surface area contributed by atoms with Crippen molar-refractivity contribution in [1.82, 2.24) is 9.55 Å². The number of ether oxygens (including phenoxy) is 1. The summed E-state index contributed by atoms with van der Waals surface area (Å²) in [5.74, 6) is 0.796. The summed E-state index contributed by atoms with van der Waals surface area (Å²) < 4.78 is 10.1. The minimum absolute atomic E-state index is 0.663. The van der Waals surface area contributed by atoms with Crippen molar-refractivity contribution in [2.24, 2.45) is 0 Å². The van der Waals surface area contributed by atoms with Gasteiger partial charge in [-0.1, -0.05) is 0 Å². The third-order valence-corrected chi connectivity index (χ3v) is 4.66. The molecule has 0 spiro atoms. The van der Waals surface area contributed by atoms with Crippen molar-refractivity contribution in [3.05, 3.63) is 49.2 Å². The molecule has 0 atom stereocenters. The molecule has 2 aromatic carbocycles. The van der Waals surface area contributed by atoms with Crippen LogP contribution in [0.2, 0.25) is 0 Å². The number of fused-ring (bicyclic) bond motifs is 1. The number of rotatable bonds is 2. The van der Waals surface area contributed by atoms with E-state index >= 15 is 0 Å². The van der Waals surface area contributed by atoms with E-state index < -0.39 is 0 Å². The Kier molecular flexibility index (Phi) is 3.87. The third-order valence-electron chi connectivity index (χ3n) is 3.04. The second kappa shape index (κ2) is 5.50. The van der Waals surface area contributed by atoms with Gasteiger partial charge in [0, 0.05) is 14.1 Å². The van der Waals surface area contributed by atoms with E-state index in [1.807, 2.05) is 22.8 Å². The van der Waals surface area contributed by atoms with Crippen LogP contribution in [0.25, 0.3) is 16.7 Å². The third kappa shape index (κ3) is 2.40. The Morgan fingerprint density at radius 1 is 1.25 bits per heavy atom. The molecule has 0 aliphatic carbocycles. The lowest BCUT2D eigenvalue weighted by Gasteiger charge is -2.09. The van der Waals surface area contributed by atoms with Crippen molar-refractivity contribution in [2.75, 3.05) is 7.11 Å². The fourth-order valence-electron chi connectivity index (χ4n) is 2.11. The number of nitrogens with one attached hydrogen (secondary N) is 1. The second-order valence-electron chi connectivity index (χ2n) is 4.24. The Balaban J connectivity index is 2.34. The number of aromatic nitrogens is 2. The zero-order valence-corrected chi connectivity index (χ0v) is 15.0. The lowest BCUT2D eigenvalue weighted by Crippen LogP contribution is -1.96. The summed E-state index contributed by atoms with van der Waals surface area (Å²) in [4.78, 5) is 3.24. The normalized spacial score (nSPS) is 10.9. The molecule has 20 heavy (non-hydrogen) atoms. The first kappa shape index (κ1) is 14.1. The van der Waals surface area contributed by atoms with Crippen LogP contribution < -0.4 is 4.74 Å². The molecule has 0 aliphatic heterocycles. The molecule has 0 saturated heterocycles. The Morgan fingerprint density at radius 3 is 2.80 bits per heavy atom. The minimum Gasteiger partial charge on any atom is -0.497 e. The van der Waals surface area contributed by atoms with Gasteiger partial charge in [0.2, 0.25) is 0 Å². The summed E-state index contributed by atoms with van der Waals surface area (Å²) in [5.41, 5.74) is 3.03. The highest BCUT2D eigenvalue weighted by Crippen LogP contribution is 2.29. The maximum Gasteiger partial charge on any atom is 0.182 e. The number of benzene rings is 2. The summed E-state index contributed by atoms with van der Waals surface area (Å²) in [6.07, 6.45) is 0. The smallest absolute Gasteiger partial charge is 0.182 e. The zero-order valence-electron chi connectivity index (χ0n) is 10.5. The topological polar surface area (TPSA) is 29.9 Å². The Bertz CT molecular complexity index is 856. The number of imidazole rings is 1. The van der Waals surface area contributed by atoms with Crippen molar-refractivity contribution in [3.63, 3.8) is 0 Å². The van der Waals surface area contributed by atoms with E-state index in [1.54, 1.807) is 7.11 Å². The predicted molar refractivity (Wildman–Crippen MR) is 95.4 cm³/mol. The molecule has 0 bridgehead atoms. The first-order chi connectivity index (χ1) is 9.60. The number of H-pyrrole nitrogens is 1. The summed E-state index contributed by atoms with van der Waals surface area (Å²) in [5, 5.41) is 0. The van der Waals surface area contributed by atoms with E-state index in [4.69, 9.17) is 17.0 Å². The molecule has 102 valence electrons. The Morgan fingerprint density at radius 2 is 2.05 bits per heavy atom. The minimum atomic E-state index is 0.663. The summed E-state index contributed by atoms with van der Waals surface area (Å²) in [6, 6.07) is 12.0. The van der Waals surface area contributed by atoms with Gasteiger partial charge < -0.3 is 9.72 Å². The molecule has 0 fully saturated rings. The predicted octanol–water partition coefficient (Wildman–Crippen LogP) is 5.06. The molecule has 3 rings (SSSR count). The number of aromatic amines is 1. The highest BCUT2D eigenvalue weighted by Gasteiger charge is 2.11. The van der Waals surface area contributed by atoms with Crippen LogP contribution in [0.3, 0.4) is 0 Å². The number of nitrogens with zero attached hydrogens (tertiary/aromatic N) is 1. The molecule has 0 aliphatic rings. The van der Waals surface area contributed by atoms with E-state index in [0.717, 1.165) is 26.9 Å². The number of methoxy groups -OCH3 is 1. The average molecular weight is 461 g/mol. The molecule has 1 aromatic heterocycles.